The molecule has 68 valence electrons. The lowest BCUT2D eigenvalue weighted by atomic mass is 10.3. The van der Waals surface area contributed by atoms with E-state index in [1.54, 1.807) is 0 Å². The first-order valence-electron chi connectivity index (χ1n) is 4.74. The van der Waals surface area contributed by atoms with Crippen LogP contribution in [0.2, 0.25) is 0 Å². The Hall–Kier alpha value is -1.31. The molecular weight excluding hydrogens is 160 g/mol. The van der Waals surface area contributed by atoms with Gasteiger partial charge in [-0.2, -0.15) is 0 Å². The van der Waals surface area contributed by atoms with E-state index in [4.69, 9.17) is 0 Å². The molecule has 13 heavy (non-hydrogen) atoms. The van der Waals surface area contributed by atoms with Gasteiger partial charge in [0, 0.05) is 12.6 Å². The second kappa shape index (κ2) is 3.21. The second-order valence-electron chi connectivity index (χ2n) is 3.43. The van der Waals surface area contributed by atoms with Crippen molar-refractivity contribution in [2.24, 2.45) is 0 Å². The van der Waals surface area contributed by atoms with Gasteiger partial charge in [0.1, 0.15) is 5.82 Å². The van der Waals surface area contributed by atoms with Gasteiger partial charge in [-0.05, 0) is 25.0 Å². The smallest absolute Gasteiger partial charge is 0.113 e. The van der Waals surface area contributed by atoms with E-state index in [0.717, 1.165) is 12.8 Å². The average Bonchev–Trinajstić information content (AvgIpc) is 2.49. The Balaban J connectivity index is 2.58. The number of aromatic nitrogens is 2. The molecule has 2 nitrogen and oxygen atoms in total. The lowest BCUT2D eigenvalue weighted by molar-refractivity contribution is 0.829. The molecule has 0 aliphatic carbocycles. The molecule has 2 rings (SSSR count). The van der Waals surface area contributed by atoms with Crippen LogP contribution in [0.15, 0.2) is 24.5 Å². The first-order chi connectivity index (χ1) is 6.31. The Bertz CT molecular complexity index is 415. The predicted octanol–water partition coefficient (Wildman–Crippen LogP) is 2.60. The number of fused-ring (bicyclic) bond motifs is 1. The Kier molecular flexibility index (Phi) is 2.05. The van der Waals surface area contributed by atoms with Crippen molar-refractivity contribution in [3.63, 3.8) is 0 Å². The molecule has 2 heterocycles. The molecule has 0 fully saturated rings. The van der Waals surface area contributed by atoms with Crippen LogP contribution >= 0.6 is 0 Å². The van der Waals surface area contributed by atoms with E-state index in [0.29, 0.717) is 0 Å². The summed E-state index contributed by atoms with van der Waals surface area (Å²) in [5, 5.41) is 0. The number of imidazole rings is 1. The van der Waals surface area contributed by atoms with E-state index in [1.165, 1.54) is 16.9 Å². The monoisotopic (exact) mass is 174 g/mol. The maximum atomic E-state index is 4.39. The highest BCUT2D eigenvalue weighted by molar-refractivity contribution is 5.46. The van der Waals surface area contributed by atoms with Crippen molar-refractivity contribution in [3.8, 4) is 0 Å². The summed E-state index contributed by atoms with van der Waals surface area (Å²) < 4.78 is 2.18. The molecule has 2 aromatic heterocycles. The predicted molar refractivity (Wildman–Crippen MR) is 53.9 cm³/mol. The van der Waals surface area contributed by atoms with E-state index in [2.05, 4.69) is 41.6 Å². The maximum Gasteiger partial charge on any atom is 0.113 e. The van der Waals surface area contributed by atoms with Gasteiger partial charge in [-0.3, -0.25) is 0 Å². The molecule has 0 saturated carbocycles. The van der Waals surface area contributed by atoms with Crippen LogP contribution in [0.5, 0.6) is 0 Å². The van der Waals surface area contributed by atoms with Gasteiger partial charge < -0.3 is 4.40 Å². The van der Waals surface area contributed by atoms with Crippen molar-refractivity contribution in [3.05, 3.63) is 35.9 Å². The molecule has 0 spiro atoms. The van der Waals surface area contributed by atoms with Gasteiger partial charge in [0.25, 0.3) is 0 Å². The van der Waals surface area contributed by atoms with Crippen molar-refractivity contribution in [2.75, 3.05) is 0 Å². The van der Waals surface area contributed by atoms with Crippen LogP contribution in [0.4, 0.5) is 0 Å². The molecule has 0 N–H and O–H groups in total. The summed E-state index contributed by atoms with van der Waals surface area (Å²) >= 11 is 0. The number of hydrogen-bond acceptors (Lipinski definition) is 1. The summed E-state index contributed by atoms with van der Waals surface area (Å²) in [5.41, 5.74) is 2.47. The third-order valence-corrected chi connectivity index (χ3v) is 2.23. The molecule has 0 radical (unpaired) electrons. The highest BCUT2D eigenvalue weighted by atomic mass is 15.0. The summed E-state index contributed by atoms with van der Waals surface area (Å²) in [6.45, 7) is 4.28. The zero-order valence-corrected chi connectivity index (χ0v) is 8.12. The highest BCUT2D eigenvalue weighted by Crippen LogP contribution is 2.09. The first kappa shape index (κ1) is 8.30. The zero-order chi connectivity index (χ0) is 9.26. The van der Waals surface area contributed by atoms with Crippen LogP contribution in [0.3, 0.4) is 0 Å². The Labute approximate surface area is 78.2 Å². The van der Waals surface area contributed by atoms with Crippen molar-refractivity contribution in [2.45, 2.75) is 26.7 Å². The van der Waals surface area contributed by atoms with Crippen LogP contribution in [-0.4, -0.2) is 9.38 Å². The largest absolute Gasteiger partial charge is 0.303 e. The minimum Gasteiger partial charge on any atom is -0.303 e. The van der Waals surface area contributed by atoms with Crippen molar-refractivity contribution < 1.29 is 0 Å². The molecular formula is C11H14N2. The van der Waals surface area contributed by atoms with E-state index >= 15 is 0 Å². The number of rotatable bonds is 2. The van der Waals surface area contributed by atoms with Gasteiger partial charge in [-0.1, -0.05) is 13.0 Å². The quantitative estimate of drug-likeness (QED) is 0.684. The molecule has 0 atom stereocenters. The molecule has 0 saturated heterocycles. The van der Waals surface area contributed by atoms with E-state index in [1.807, 2.05) is 6.20 Å². The summed E-state index contributed by atoms with van der Waals surface area (Å²) in [5.74, 6) is 1.17. The molecule has 0 aromatic carbocycles. The van der Waals surface area contributed by atoms with E-state index in [-0.39, 0.29) is 0 Å². The van der Waals surface area contributed by atoms with Crippen molar-refractivity contribution in [1.82, 2.24) is 9.38 Å². The number of hydrogen-bond donors (Lipinski definition) is 0. The van der Waals surface area contributed by atoms with Gasteiger partial charge in [0.15, 0.2) is 0 Å². The topological polar surface area (TPSA) is 17.3 Å². The molecule has 0 bridgehead atoms. The minimum atomic E-state index is 1.05. The molecule has 0 unspecified atom stereocenters. The lowest BCUT2D eigenvalue weighted by Gasteiger charge is -2.00. The molecule has 0 amide bonds. The van der Waals surface area contributed by atoms with Crippen LogP contribution in [0.25, 0.3) is 5.52 Å². The first-order valence-corrected chi connectivity index (χ1v) is 4.74. The van der Waals surface area contributed by atoms with Gasteiger partial charge in [0.05, 0.1) is 11.7 Å². The Morgan fingerprint density at radius 2 is 2.23 bits per heavy atom. The number of nitrogens with zero attached hydrogens (tertiary/aromatic N) is 2. The van der Waals surface area contributed by atoms with E-state index in [9.17, 15) is 0 Å². The molecule has 0 aliphatic heterocycles. The minimum absolute atomic E-state index is 1.05. The number of pyridine rings is 1. The van der Waals surface area contributed by atoms with E-state index < -0.39 is 0 Å². The van der Waals surface area contributed by atoms with Gasteiger partial charge in [-0.15, -0.1) is 0 Å². The highest BCUT2D eigenvalue weighted by Gasteiger charge is 2.01. The fraction of sp³-hybridized carbons (Fsp3) is 0.364. The van der Waals surface area contributed by atoms with Crippen molar-refractivity contribution >= 4 is 5.52 Å². The van der Waals surface area contributed by atoms with Gasteiger partial charge in [-0.25, -0.2) is 4.98 Å². The van der Waals surface area contributed by atoms with Crippen LogP contribution in [0, 0.1) is 6.92 Å². The van der Waals surface area contributed by atoms with Crippen LogP contribution < -0.4 is 0 Å². The second-order valence-corrected chi connectivity index (χ2v) is 3.43. The van der Waals surface area contributed by atoms with Gasteiger partial charge >= 0.3 is 0 Å². The lowest BCUT2D eigenvalue weighted by Crippen LogP contribution is -1.94. The average molecular weight is 174 g/mol. The molecule has 2 heteroatoms. The third kappa shape index (κ3) is 1.44. The molecule has 2 aromatic rings. The standard InChI is InChI=1S/C11H14N2/c1-3-4-11-12-7-10-6-5-9(2)8-13(10)11/h5-8H,3-4H2,1-2H3. The fourth-order valence-electron chi connectivity index (χ4n) is 1.56. The van der Waals surface area contributed by atoms with Gasteiger partial charge in [0.2, 0.25) is 0 Å². The van der Waals surface area contributed by atoms with Crippen LogP contribution in [-0.2, 0) is 6.42 Å². The maximum absolute atomic E-state index is 4.39. The third-order valence-electron chi connectivity index (χ3n) is 2.23. The fourth-order valence-corrected chi connectivity index (χ4v) is 1.56. The summed E-state index contributed by atoms with van der Waals surface area (Å²) in [4.78, 5) is 4.39. The summed E-state index contributed by atoms with van der Waals surface area (Å²) in [6, 6.07) is 4.23. The van der Waals surface area contributed by atoms with Crippen LogP contribution in [0.1, 0.15) is 24.7 Å². The summed E-state index contributed by atoms with van der Waals surface area (Å²) in [7, 11) is 0. The van der Waals surface area contributed by atoms with Crippen molar-refractivity contribution in [1.29, 1.82) is 0 Å². The SMILES string of the molecule is CCCc1ncc2ccc(C)cn12. The Morgan fingerprint density at radius 1 is 1.38 bits per heavy atom. The number of aryl methyl sites for hydroxylation is 2. The normalized spacial score (nSPS) is 10.9. The molecule has 0 aliphatic rings. The zero-order valence-electron chi connectivity index (χ0n) is 8.12. The Morgan fingerprint density at radius 3 is 3.00 bits per heavy atom. The summed E-state index contributed by atoms with van der Waals surface area (Å²) in [6.07, 6.45) is 6.28.